The average molecular weight is 323 g/mol. The lowest BCUT2D eigenvalue weighted by atomic mass is 10.2. The van der Waals surface area contributed by atoms with Gasteiger partial charge in [-0.3, -0.25) is 0 Å². The number of aryl methyl sites for hydroxylation is 1. The molecule has 0 saturated heterocycles. The minimum atomic E-state index is 0.276. The Kier molecular flexibility index (Phi) is 3.93. The number of hydrogen-bond donors (Lipinski definition) is 1. The highest BCUT2D eigenvalue weighted by molar-refractivity contribution is 9.10. The summed E-state index contributed by atoms with van der Waals surface area (Å²) in [6.45, 7) is 2.02. The molecule has 0 aliphatic heterocycles. The Morgan fingerprint density at radius 2 is 2.11 bits per heavy atom. The fourth-order valence-corrected chi connectivity index (χ4v) is 2.10. The molecule has 5 heteroatoms. The summed E-state index contributed by atoms with van der Waals surface area (Å²) in [6.07, 6.45) is 1.60. The lowest BCUT2D eigenvalue weighted by molar-refractivity contribution is 0.477. The van der Waals surface area contributed by atoms with Crippen molar-refractivity contribution in [3.8, 4) is 11.5 Å². The zero-order chi connectivity index (χ0) is 13.1. The normalized spacial score (nSPS) is 10.1. The number of pyridine rings is 1. The monoisotopic (exact) mass is 322 g/mol. The molecule has 1 aromatic heterocycles. The molecule has 0 radical (unpaired) electrons. The highest BCUT2D eigenvalue weighted by Gasteiger charge is 2.04. The number of benzene rings is 1. The highest BCUT2D eigenvalue weighted by Crippen LogP contribution is 2.29. The molecular formula is C13H11BrN2OS. The van der Waals surface area contributed by atoms with E-state index >= 15 is 0 Å². The standard InChI is InChI=1S/C13H11BrN2OS/c1-8-2-5-12(10(14)6-8)17-9-3-4-11(13(15)18)16-7-9/h2-7H,1H3,(H2,15,18). The van der Waals surface area contributed by atoms with Crippen molar-refractivity contribution in [3.05, 3.63) is 52.3 Å². The molecule has 2 rings (SSSR count). The first kappa shape index (κ1) is 13.0. The van der Waals surface area contributed by atoms with Crippen LogP contribution < -0.4 is 10.5 Å². The lowest BCUT2D eigenvalue weighted by Crippen LogP contribution is -2.10. The summed E-state index contributed by atoms with van der Waals surface area (Å²) in [5.41, 5.74) is 7.22. The molecule has 2 N–H and O–H groups in total. The van der Waals surface area contributed by atoms with Gasteiger partial charge in [-0.1, -0.05) is 18.3 Å². The van der Waals surface area contributed by atoms with Crippen LogP contribution in [0.2, 0.25) is 0 Å². The van der Waals surface area contributed by atoms with Gasteiger partial charge in [-0.2, -0.15) is 0 Å². The largest absolute Gasteiger partial charge is 0.455 e. The SMILES string of the molecule is Cc1ccc(Oc2ccc(C(N)=S)nc2)c(Br)c1. The molecule has 1 aromatic carbocycles. The third kappa shape index (κ3) is 3.05. The van der Waals surface area contributed by atoms with Crippen LogP contribution in [-0.4, -0.2) is 9.97 Å². The van der Waals surface area contributed by atoms with Gasteiger partial charge in [0.25, 0.3) is 0 Å². The van der Waals surface area contributed by atoms with E-state index in [1.54, 1.807) is 18.3 Å². The molecule has 2 aromatic rings. The maximum Gasteiger partial charge on any atom is 0.145 e. The van der Waals surface area contributed by atoms with Crippen molar-refractivity contribution in [2.24, 2.45) is 5.73 Å². The Hall–Kier alpha value is -1.46. The van der Waals surface area contributed by atoms with Gasteiger partial charge in [-0.25, -0.2) is 4.98 Å². The summed E-state index contributed by atoms with van der Waals surface area (Å²) in [5, 5.41) is 0. The summed E-state index contributed by atoms with van der Waals surface area (Å²) in [7, 11) is 0. The van der Waals surface area contributed by atoms with Crippen LogP contribution in [0.5, 0.6) is 11.5 Å². The van der Waals surface area contributed by atoms with Gasteiger partial charge in [-0.15, -0.1) is 0 Å². The van der Waals surface area contributed by atoms with Crippen molar-refractivity contribution >= 4 is 33.1 Å². The van der Waals surface area contributed by atoms with Crippen LogP contribution in [0.25, 0.3) is 0 Å². The van der Waals surface area contributed by atoms with Gasteiger partial charge in [0, 0.05) is 0 Å². The van der Waals surface area contributed by atoms with E-state index in [0.29, 0.717) is 11.4 Å². The van der Waals surface area contributed by atoms with E-state index in [4.69, 9.17) is 22.7 Å². The number of aromatic nitrogens is 1. The van der Waals surface area contributed by atoms with Gasteiger partial charge in [-0.05, 0) is 52.7 Å². The smallest absolute Gasteiger partial charge is 0.145 e. The van der Waals surface area contributed by atoms with Crippen LogP contribution >= 0.6 is 28.1 Å². The summed E-state index contributed by atoms with van der Waals surface area (Å²) in [6, 6.07) is 9.40. The topological polar surface area (TPSA) is 48.1 Å². The first-order valence-electron chi connectivity index (χ1n) is 5.26. The second kappa shape index (κ2) is 5.46. The predicted molar refractivity (Wildman–Crippen MR) is 79.1 cm³/mol. The van der Waals surface area contributed by atoms with Crippen molar-refractivity contribution in [2.75, 3.05) is 0 Å². The Morgan fingerprint density at radius 1 is 1.33 bits per heavy atom. The van der Waals surface area contributed by atoms with Gasteiger partial charge in [0.2, 0.25) is 0 Å². The Labute approximate surface area is 119 Å². The molecule has 0 fully saturated rings. The summed E-state index contributed by atoms with van der Waals surface area (Å²) in [5.74, 6) is 1.38. The molecule has 0 unspecified atom stereocenters. The summed E-state index contributed by atoms with van der Waals surface area (Å²) in [4.78, 5) is 4.39. The maximum absolute atomic E-state index is 5.71. The second-order valence-electron chi connectivity index (χ2n) is 3.78. The summed E-state index contributed by atoms with van der Waals surface area (Å²) >= 11 is 8.29. The van der Waals surface area contributed by atoms with E-state index in [1.807, 2.05) is 25.1 Å². The van der Waals surface area contributed by atoms with Crippen molar-refractivity contribution in [1.82, 2.24) is 4.98 Å². The zero-order valence-electron chi connectivity index (χ0n) is 9.68. The van der Waals surface area contributed by atoms with Crippen molar-refractivity contribution < 1.29 is 4.74 Å². The molecule has 0 bridgehead atoms. The van der Waals surface area contributed by atoms with Gasteiger partial charge in [0.05, 0.1) is 16.4 Å². The third-order valence-electron chi connectivity index (χ3n) is 2.30. The average Bonchev–Trinajstić information content (AvgIpc) is 2.33. The van der Waals surface area contributed by atoms with Crippen LogP contribution in [0.1, 0.15) is 11.3 Å². The summed E-state index contributed by atoms with van der Waals surface area (Å²) < 4.78 is 6.61. The number of hydrogen-bond acceptors (Lipinski definition) is 3. The lowest BCUT2D eigenvalue weighted by Gasteiger charge is -2.08. The minimum absolute atomic E-state index is 0.276. The Morgan fingerprint density at radius 3 is 2.67 bits per heavy atom. The van der Waals surface area contributed by atoms with E-state index < -0.39 is 0 Å². The van der Waals surface area contributed by atoms with E-state index in [2.05, 4.69) is 20.9 Å². The molecule has 0 aliphatic rings. The van der Waals surface area contributed by atoms with Crippen molar-refractivity contribution in [1.29, 1.82) is 0 Å². The molecule has 0 amide bonds. The number of nitrogens with two attached hydrogens (primary N) is 1. The van der Waals surface area contributed by atoms with Crippen molar-refractivity contribution in [2.45, 2.75) is 6.92 Å². The molecule has 92 valence electrons. The number of halogens is 1. The molecule has 1 heterocycles. The van der Waals surface area contributed by atoms with E-state index in [1.165, 1.54) is 0 Å². The van der Waals surface area contributed by atoms with Crippen LogP contribution in [-0.2, 0) is 0 Å². The quantitative estimate of drug-likeness (QED) is 0.877. The maximum atomic E-state index is 5.71. The predicted octanol–water partition coefficient (Wildman–Crippen LogP) is 3.58. The fraction of sp³-hybridized carbons (Fsp3) is 0.0769. The van der Waals surface area contributed by atoms with E-state index in [0.717, 1.165) is 15.8 Å². The fourth-order valence-electron chi connectivity index (χ4n) is 1.40. The van der Waals surface area contributed by atoms with Gasteiger partial charge in [0.1, 0.15) is 16.5 Å². The molecule has 3 nitrogen and oxygen atoms in total. The minimum Gasteiger partial charge on any atom is -0.455 e. The number of ether oxygens (including phenoxy) is 1. The first-order valence-corrected chi connectivity index (χ1v) is 6.46. The molecule has 0 aliphatic carbocycles. The Bertz CT molecular complexity index is 584. The second-order valence-corrected chi connectivity index (χ2v) is 5.07. The van der Waals surface area contributed by atoms with Gasteiger partial charge < -0.3 is 10.5 Å². The van der Waals surface area contributed by atoms with Gasteiger partial charge in [0.15, 0.2) is 0 Å². The molecular weight excluding hydrogens is 312 g/mol. The highest BCUT2D eigenvalue weighted by atomic mass is 79.9. The number of nitrogens with zero attached hydrogens (tertiary/aromatic N) is 1. The van der Waals surface area contributed by atoms with Crippen molar-refractivity contribution in [3.63, 3.8) is 0 Å². The Balaban J connectivity index is 2.21. The van der Waals surface area contributed by atoms with Crippen LogP contribution in [0.3, 0.4) is 0 Å². The van der Waals surface area contributed by atoms with Crippen LogP contribution in [0, 0.1) is 6.92 Å². The molecule has 0 spiro atoms. The first-order chi connectivity index (χ1) is 8.56. The molecule has 18 heavy (non-hydrogen) atoms. The van der Waals surface area contributed by atoms with E-state index in [9.17, 15) is 0 Å². The third-order valence-corrected chi connectivity index (χ3v) is 3.13. The van der Waals surface area contributed by atoms with E-state index in [-0.39, 0.29) is 4.99 Å². The zero-order valence-corrected chi connectivity index (χ0v) is 12.1. The van der Waals surface area contributed by atoms with Crippen LogP contribution in [0.15, 0.2) is 41.0 Å². The molecule has 0 atom stereocenters. The molecule has 0 saturated carbocycles. The number of thiocarbonyl (C=S) groups is 1. The van der Waals surface area contributed by atoms with Gasteiger partial charge >= 0.3 is 0 Å². The number of rotatable bonds is 3. The van der Waals surface area contributed by atoms with Crippen LogP contribution in [0.4, 0.5) is 0 Å².